The molecule has 10 heteroatoms. The molecule has 1 saturated carbocycles. The number of sulfonamides is 1. The molecule has 162 valence electrons. The highest BCUT2D eigenvalue weighted by Gasteiger charge is 2.34. The number of urea groups is 1. The molecular formula is C19H32N6O3S. The third-order valence-electron chi connectivity index (χ3n) is 6.53. The number of piperidine rings is 1. The molecule has 0 atom stereocenters. The van der Waals surface area contributed by atoms with Crippen LogP contribution in [0.25, 0.3) is 0 Å². The van der Waals surface area contributed by atoms with Crippen molar-refractivity contribution in [3.63, 3.8) is 0 Å². The van der Waals surface area contributed by atoms with Crippen LogP contribution in [0.1, 0.15) is 69.9 Å². The van der Waals surface area contributed by atoms with Gasteiger partial charge in [-0.1, -0.05) is 12.8 Å². The standard InChI is InChI=1S/C19H32N6O3S/c1-14(2)29(27,28)24-9-7-15(8-10-24)18-22-21-17-13-23(11-12-25(17)18)19(26)20-16-5-3-4-6-16/h14-16H,3-13H2,1-2H3,(H,20,26). The van der Waals surface area contributed by atoms with E-state index in [4.69, 9.17) is 0 Å². The maximum absolute atomic E-state index is 12.6. The first-order chi connectivity index (χ1) is 13.9. The van der Waals surface area contributed by atoms with E-state index in [0.29, 0.717) is 38.8 Å². The van der Waals surface area contributed by atoms with Crippen LogP contribution in [0.3, 0.4) is 0 Å². The van der Waals surface area contributed by atoms with Gasteiger partial charge in [-0.25, -0.2) is 17.5 Å². The first kappa shape index (κ1) is 20.6. The minimum absolute atomic E-state index is 0.0000924. The summed E-state index contributed by atoms with van der Waals surface area (Å²) in [5.41, 5.74) is 0. The second-order valence-corrected chi connectivity index (χ2v) is 11.2. The van der Waals surface area contributed by atoms with Crippen molar-refractivity contribution >= 4 is 16.1 Å². The van der Waals surface area contributed by atoms with Gasteiger partial charge in [-0.05, 0) is 39.5 Å². The molecule has 29 heavy (non-hydrogen) atoms. The Morgan fingerprint density at radius 3 is 2.38 bits per heavy atom. The van der Waals surface area contributed by atoms with Gasteiger partial charge >= 0.3 is 6.03 Å². The molecule has 0 radical (unpaired) electrons. The van der Waals surface area contributed by atoms with Crippen LogP contribution in [0.15, 0.2) is 0 Å². The molecule has 3 heterocycles. The number of hydrogen-bond acceptors (Lipinski definition) is 5. The van der Waals surface area contributed by atoms with Crippen LogP contribution in [0.4, 0.5) is 4.79 Å². The summed E-state index contributed by atoms with van der Waals surface area (Å²) in [5, 5.41) is 11.5. The van der Waals surface area contributed by atoms with E-state index in [-0.39, 0.29) is 17.2 Å². The molecule has 4 rings (SSSR count). The zero-order valence-electron chi connectivity index (χ0n) is 17.4. The van der Waals surface area contributed by atoms with Gasteiger partial charge in [-0.2, -0.15) is 0 Å². The third kappa shape index (κ3) is 4.14. The van der Waals surface area contributed by atoms with Gasteiger partial charge in [0, 0.05) is 38.1 Å². The predicted molar refractivity (Wildman–Crippen MR) is 109 cm³/mol. The minimum Gasteiger partial charge on any atom is -0.335 e. The summed E-state index contributed by atoms with van der Waals surface area (Å²) in [7, 11) is -3.20. The van der Waals surface area contributed by atoms with Crippen molar-refractivity contribution < 1.29 is 13.2 Å². The summed E-state index contributed by atoms with van der Waals surface area (Å²) < 4.78 is 28.5. The van der Waals surface area contributed by atoms with Gasteiger partial charge in [0.25, 0.3) is 0 Å². The molecule has 3 aliphatic rings. The zero-order valence-corrected chi connectivity index (χ0v) is 18.2. The van der Waals surface area contributed by atoms with Gasteiger partial charge in [-0.3, -0.25) is 0 Å². The van der Waals surface area contributed by atoms with Crippen molar-refractivity contribution in [2.75, 3.05) is 19.6 Å². The van der Waals surface area contributed by atoms with Crippen LogP contribution in [-0.4, -0.2) is 69.3 Å². The number of amides is 2. The Labute approximate surface area is 172 Å². The van der Waals surface area contributed by atoms with Gasteiger partial charge in [0.1, 0.15) is 5.82 Å². The monoisotopic (exact) mass is 424 g/mol. The Balaban J connectivity index is 1.37. The van der Waals surface area contributed by atoms with Crippen molar-refractivity contribution in [3.05, 3.63) is 11.6 Å². The molecular weight excluding hydrogens is 392 g/mol. The summed E-state index contributed by atoms with van der Waals surface area (Å²) in [5.74, 6) is 1.98. The van der Waals surface area contributed by atoms with Crippen molar-refractivity contribution in [1.82, 2.24) is 29.3 Å². The maximum Gasteiger partial charge on any atom is 0.318 e. The largest absolute Gasteiger partial charge is 0.335 e. The highest BCUT2D eigenvalue weighted by atomic mass is 32.2. The highest BCUT2D eigenvalue weighted by Crippen LogP contribution is 2.30. The average molecular weight is 425 g/mol. The molecule has 0 spiro atoms. The number of nitrogens with one attached hydrogen (secondary N) is 1. The Morgan fingerprint density at radius 2 is 1.72 bits per heavy atom. The second-order valence-electron chi connectivity index (χ2n) is 8.75. The summed E-state index contributed by atoms with van der Waals surface area (Å²) in [6.45, 7) is 6.34. The topological polar surface area (TPSA) is 100 Å². The quantitative estimate of drug-likeness (QED) is 0.792. The van der Waals surface area contributed by atoms with E-state index >= 15 is 0 Å². The maximum atomic E-state index is 12.6. The Bertz CT molecular complexity index is 838. The number of carbonyl (C=O) groups excluding carboxylic acids is 1. The number of nitrogens with zero attached hydrogens (tertiary/aromatic N) is 5. The van der Waals surface area contributed by atoms with Crippen LogP contribution >= 0.6 is 0 Å². The normalized spacial score (nSPS) is 22.2. The lowest BCUT2D eigenvalue weighted by atomic mass is 9.97. The number of rotatable bonds is 4. The summed E-state index contributed by atoms with van der Waals surface area (Å²) in [6.07, 6.45) is 6.06. The van der Waals surface area contributed by atoms with Crippen LogP contribution in [0, 0.1) is 0 Å². The molecule has 2 fully saturated rings. The molecule has 2 amide bonds. The first-order valence-corrected chi connectivity index (χ1v) is 12.3. The van der Waals surface area contributed by atoms with Crippen molar-refractivity contribution in [2.24, 2.45) is 0 Å². The highest BCUT2D eigenvalue weighted by molar-refractivity contribution is 7.89. The van der Waals surface area contributed by atoms with Gasteiger partial charge in [0.15, 0.2) is 5.82 Å². The Kier molecular flexibility index (Phi) is 5.83. The summed E-state index contributed by atoms with van der Waals surface area (Å²) in [4.78, 5) is 14.4. The predicted octanol–water partition coefficient (Wildman–Crippen LogP) is 1.66. The Morgan fingerprint density at radius 1 is 1.03 bits per heavy atom. The number of hydrogen-bond donors (Lipinski definition) is 1. The van der Waals surface area contributed by atoms with Crippen LogP contribution in [0.5, 0.6) is 0 Å². The van der Waals surface area contributed by atoms with Gasteiger partial charge < -0.3 is 14.8 Å². The smallest absolute Gasteiger partial charge is 0.318 e. The Hall–Kier alpha value is -1.68. The lowest BCUT2D eigenvalue weighted by Crippen LogP contribution is -2.47. The van der Waals surface area contributed by atoms with E-state index in [1.165, 1.54) is 12.8 Å². The van der Waals surface area contributed by atoms with Gasteiger partial charge in [0.2, 0.25) is 10.0 Å². The zero-order chi connectivity index (χ0) is 20.6. The number of aromatic nitrogens is 3. The SMILES string of the molecule is CC(C)S(=O)(=O)N1CCC(c2nnc3n2CCN(C(=O)NC2CCCC2)C3)CC1. The van der Waals surface area contributed by atoms with Crippen molar-refractivity contribution in [2.45, 2.75) is 82.7 Å². The van der Waals surface area contributed by atoms with Crippen molar-refractivity contribution in [3.8, 4) is 0 Å². The number of carbonyl (C=O) groups is 1. The molecule has 1 N–H and O–H groups in total. The lowest BCUT2D eigenvalue weighted by molar-refractivity contribution is 0.177. The third-order valence-corrected chi connectivity index (χ3v) is 8.80. The molecule has 1 aromatic heterocycles. The van der Waals surface area contributed by atoms with Crippen LogP contribution < -0.4 is 5.32 Å². The fourth-order valence-electron chi connectivity index (χ4n) is 4.66. The fraction of sp³-hybridized carbons (Fsp3) is 0.842. The molecule has 9 nitrogen and oxygen atoms in total. The van der Waals surface area contributed by atoms with Crippen LogP contribution in [-0.2, 0) is 23.1 Å². The second kappa shape index (κ2) is 8.22. The molecule has 1 saturated heterocycles. The molecule has 0 unspecified atom stereocenters. The summed E-state index contributed by atoms with van der Waals surface area (Å²) in [6, 6.07) is 0.310. The molecule has 1 aliphatic carbocycles. The van der Waals surface area contributed by atoms with E-state index in [1.54, 1.807) is 18.2 Å². The van der Waals surface area contributed by atoms with Gasteiger partial charge in [0.05, 0.1) is 11.8 Å². The number of fused-ring (bicyclic) bond motifs is 1. The summed E-state index contributed by atoms with van der Waals surface area (Å²) >= 11 is 0. The minimum atomic E-state index is -3.20. The van der Waals surface area contributed by atoms with E-state index in [1.807, 2.05) is 4.90 Å². The van der Waals surface area contributed by atoms with E-state index in [0.717, 1.165) is 37.3 Å². The molecule has 1 aromatic rings. The van der Waals surface area contributed by atoms with E-state index in [9.17, 15) is 13.2 Å². The molecule has 0 aromatic carbocycles. The van der Waals surface area contributed by atoms with Gasteiger partial charge in [-0.15, -0.1) is 10.2 Å². The van der Waals surface area contributed by atoms with Crippen LogP contribution in [0.2, 0.25) is 0 Å². The average Bonchev–Trinajstić information content (AvgIpc) is 3.37. The molecule has 0 bridgehead atoms. The fourth-order valence-corrected chi connectivity index (χ4v) is 5.97. The first-order valence-electron chi connectivity index (χ1n) is 10.8. The molecule has 2 aliphatic heterocycles. The lowest BCUT2D eigenvalue weighted by Gasteiger charge is -2.33. The van der Waals surface area contributed by atoms with Crippen molar-refractivity contribution in [1.29, 1.82) is 0 Å². The van der Waals surface area contributed by atoms with E-state index < -0.39 is 10.0 Å². The van der Waals surface area contributed by atoms with E-state index in [2.05, 4.69) is 20.1 Å².